The fourth-order valence-electron chi connectivity index (χ4n) is 2.37. The van der Waals surface area contributed by atoms with Crippen molar-refractivity contribution in [2.24, 2.45) is 11.8 Å². The molecule has 1 N–H and O–H groups in total. The first-order chi connectivity index (χ1) is 8.69. The van der Waals surface area contributed by atoms with Crippen molar-refractivity contribution in [1.29, 1.82) is 0 Å². The third kappa shape index (κ3) is 5.11. The molecule has 0 aromatic carbocycles. The molecule has 0 radical (unpaired) electrons. The molecule has 1 aromatic heterocycles. The van der Waals surface area contributed by atoms with Crippen LogP contribution in [0.15, 0.2) is 17.5 Å². The maximum atomic E-state index is 3.79. The van der Waals surface area contributed by atoms with Gasteiger partial charge >= 0.3 is 0 Å². The van der Waals surface area contributed by atoms with Crippen molar-refractivity contribution in [2.75, 3.05) is 6.54 Å². The van der Waals surface area contributed by atoms with E-state index in [1.54, 1.807) is 0 Å². The predicted molar refractivity (Wildman–Crippen MR) is 83.2 cm³/mol. The van der Waals surface area contributed by atoms with Crippen LogP contribution in [0.5, 0.6) is 0 Å². The lowest BCUT2D eigenvalue weighted by atomic mass is 9.97. The fraction of sp³-hybridized carbons (Fsp3) is 0.750. The third-order valence-electron chi connectivity index (χ3n) is 3.69. The van der Waals surface area contributed by atoms with Gasteiger partial charge in [0.1, 0.15) is 0 Å². The van der Waals surface area contributed by atoms with Gasteiger partial charge in [0.25, 0.3) is 0 Å². The summed E-state index contributed by atoms with van der Waals surface area (Å²) in [5, 5.41) is 5.97. The van der Waals surface area contributed by atoms with E-state index in [9.17, 15) is 0 Å². The van der Waals surface area contributed by atoms with Gasteiger partial charge in [-0.05, 0) is 36.2 Å². The second kappa shape index (κ2) is 8.71. The molecule has 1 rings (SSSR count). The van der Waals surface area contributed by atoms with Gasteiger partial charge in [-0.25, -0.2) is 0 Å². The zero-order valence-electron chi connectivity index (χ0n) is 12.4. The molecule has 0 spiro atoms. The average Bonchev–Trinajstić information content (AvgIpc) is 2.86. The lowest BCUT2D eigenvalue weighted by Gasteiger charge is -2.24. The van der Waals surface area contributed by atoms with Gasteiger partial charge in [0, 0.05) is 10.9 Å². The summed E-state index contributed by atoms with van der Waals surface area (Å²) in [4.78, 5) is 1.48. The van der Waals surface area contributed by atoms with Crippen LogP contribution in [0.2, 0.25) is 0 Å². The molecule has 1 nitrogen and oxygen atoms in total. The van der Waals surface area contributed by atoms with Crippen molar-refractivity contribution in [1.82, 2.24) is 5.32 Å². The summed E-state index contributed by atoms with van der Waals surface area (Å²) in [5.74, 6) is 1.50. The first-order valence-electron chi connectivity index (χ1n) is 7.45. The first-order valence-corrected chi connectivity index (χ1v) is 8.33. The summed E-state index contributed by atoms with van der Waals surface area (Å²) in [6.07, 6.45) is 5.35. The molecule has 0 aliphatic carbocycles. The number of hydrogen-bond acceptors (Lipinski definition) is 2. The molecule has 2 heteroatoms. The first kappa shape index (κ1) is 15.7. The van der Waals surface area contributed by atoms with Crippen LogP contribution in [0, 0.1) is 11.8 Å². The highest BCUT2D eigenvalue weighted by atomic mass is 32.1. The molecule has 0 saturated carbocycles. The Morgan fingerprint density at radius 3 is 2.56 bits per heavy atom. The normalized spacial score (nSPS) is 14.9. The van der Waals surface area contributed by atoms with E-state index in [0.717, 1.165) is 12.5 Å². The summed E-state index contributed by atoms with van der Waals surface area (Å²) in [6, 6.07) is 4.95. The van der Waals surface area contributed by atoms with Crippen molar-refractivity contribution in [3.63, 3.8) is 0 Å². The predicted octanol–water partition coefficient (Wildman–Crippen LogP) is 5.25. The average molecular weight is 267 g/mol. The minimum atomic E-state index is 0.528. The number of unbranched alkanes of at least 4 members (excludes halogenated alkanes) is 1. The van der Waals surface area contributed by atoms with Crippen LogP contribution in [0.25, 0.3) is 0 Å². The maximum absolute atomic E-state index is 3.79. The van der Waals surface area contributed by atoms with Gasteiger partial charge in [-0.15, -0.1) is 11.3 Å². The summed E-state index contributed by atoms with van der Waals surface area (Å²) >= 11 is 1.87. The van der Waals surface area contributed by atoms with Crippen molar-refractivity contribution >= 4 is 11.3 Å². The highest BCUT2D eigenvalue weighted by Crippen LogP contribution is 2.26. The maximum Gasteiger partial charge on any atom is 0.0438 e. The topological polar surface area (TPSA) is 12.0 Å². The van der Waals surface area contributed by atoms with Crippen LogP contribution in [-0.4, -0.2) is 6.54 Å². The van der Waals surface area contributed by atoms with Crippen molar-refractivity contribution < 1.29 is 0 Å². The number of nitrogens with one attached hydrogen (secondary N) is 1. The van der Waals surface area contributed by atoms with Gasteiger partial charge in [-0.3, -0.25) is 0 Å². The lowest BCUT2D eigenvalue weighted by Crippen LogP contribution is -2.30. The van der Waals surface area contributed by atoms with E-state index >= 15 is 0 Å². The number of thiophene rings is 1. The van der Waals surface area contributed by atoms with Crippen LogP contribution in [0.3, 0.4) is 0 Å². The molecule has 0 amide bonds. The monoisotopic (exact) mass is 267 g/mol. The molecule has 1 aromatic rings. The quantitative estimate of drug-likeness (QED) is 0.644. The molecule has 2 unspecified atom stereocenters. The minimum Gasteiger partial charge on any atom is -0.309 e. The van der Waals surface area contributed by atoms with E-state index < -0.39 is 0 Å². The fourth-order valence-corrected chi connectivity index (χ4v) is 3.34. The van der Waals surface area contributed by atoms with E-state index in [2.05, 4.69) is 50.5 Å². The van der Waals surface area contributed by atoms with Crippen molar-refractivity contribution in [3.8, 4) is 0 Å². The van der Waals surface area contributed by atoms with E-state index in [1.807, 2.05) is 11.3 Å². The van der Waals surface area contributed by atoms with Gasteiger partial charge in [0.2, 0.25) is 0 Å². The van der Waals surface area contributed by atoms with Gasteiger partial charge < -0.3 is 5.32 Å². The number of hydrogen-bond donors (Lipinski definition) is 1. The van der Waals surface area contributed by atoms with E-state index in [-0.39, 0.29) is 0 Å². The molecule has 0 saturated heterocycles. The zero-order valence-corrected chi connectivity index (χ0v) is 13.2. The molecular formula is C16H29NS. The Hall–Kier alpha value is -0.340. The van der Waals surface area contributed by atoms with Crippen molar-refractivity contribution in [3.05, 3.63) is 22.4 Å². The molecule has 104 valence electrons. The van der Waals surface area contributed by atoms with E-state index in [0.29, 0.717) is 12.0 Å². The molecule has 0 bridgehead atoms. The van der Waals surface area contributed by atoms with Gasteiger partial charge in [0.15, 0.2) is 0 Å². The van der Waals surface area contributed by atoms with Gasteiger partial charge in [0.05, 0.1) is 0 Å². The molecular weight excluding hydrogens is 238 g/mol. The smallest absolute Gasteiger partial charge is 0.0438 e. The second-order valence-corrected chi connectivity index (χ2v) is 6.54. The SMILES string of the molecule is CCCCC(CC)CNC(c1cccs1)C(C)C. The molecule has 0 aliphatic heterocycles. The Morgan fingerprint density at radius 1 is 1.28 bits per heavy atom. The molecule has 18 heavy (non-hydrogen) atoms. The van der Waals surface area contributed by atoms with Crippen molar-refractivity contribution in [2.45, 2.75) is 59.4 Å². The standard InChI is InChI=1S/C16H29NS/c1-5-7-9-14(6-2)12-17-16(13(3)4)15-10-8-11-18-15/h8,10-11,13-14,16-17H,5-7,9,12H2,1-4H3. The zero-order chi connectivity index (χ0) is 13.4. The number of rotatable bonds is 9. The van der Waals surface area contributed by atoms with Crippen LogP contribution in [-0.2, 0) is 0 Å². The third-order valence-corrected chi connectivity index (χ3v) is 4.64. The Labute approximate surface area is 117 Å². The Morgan fingerprint density at radius 2 is 2.06 bits per heavy atom. The Bertz CT molecular complexity index is 292. The molecule has 1 heterocycles. The van der Waals surface area contributed by atoms with Crippen LogP contribution < -0.4 is 5.32 Å². The summed E-state index contributed by atoms with van der Waals surface area (Å²) in [5.41, 5.74) is 0. The summed E-state index contributed by atoms with van der Waals surface area (Å²) in [6.45, 7) is 10.4. The Balaban J connectivity index is 2.46. The lowest BCUT2D eigenvalue weighted by molar-refractivity contribution is 0.351. The highest BCUT2D eigenvalue weighted by Gasteiger charge is 2.17. The molecule has 0 fully saturated rings. The molecule has 2 atom stereocenters. The summed E-state index contributed by atoms with van der Waals surface area (Å²) < 4.78 is 0. The van der Waals surface area contributed by atoms with E-state index in [1.165, 1.54) is 30.6 Å². The van der Waals surface area contributed by atoms with Crippen LogP contribution in [0.4, 0.5) is 0 Å². The van der Waals surface area contributed by atoms with Gasteiger partial charge in [-0.1, -0.05) is 53.0 Å². The second-order valence-electron chi connectivity index (χ2n) is 5.56. The largest absolute Gasteiger partial charge is 0.309 e. The van der Waals surface area contributed by atoms with E-state index in [4.69, 9.17) is 0 Å². The van der Waals surface area contributed by atoms with Crippen LogP contribution in [0.1, 0.15) is 64.3 Å². The Kier molecular flexibility index (Phi) is 7.60. The van der Waals surface area contributed by atoms with Crippen LogP contribution >= 0.6 is 11.3 Å². The van der Waals surface area contributed by atoms with Gasteiger partial charge in [-0.2, -0.15) is 0 Å². The minimum absolute atomic E-state index is 0.528. The summed E-state index contributed by atoms with van der Waals surface area (Å²) in [7, 11) is 0. The highest BCUT2D eigenvalue weighted by molar-refractivity contribution is 7.10. The molecule has 0 aliphatic rings.